The highest BCUT2D eigenvalue weighted by Gasteiger charge is 2.35. The molecule has 4 rings (SSSR count). The number of hydrogen-bond acceptors (Lipinski definition) is 2. The third-order valence-corrected chi connectivity index (χ3v) is 5.43. The molecule has 0 saturated carbocycles. The van der Waals surface area contributed by atoms with Crippen LogP contribution in [0.1, 0.15) is 53.6 Å². The fraction of sp³-hybridized carbons (Fsp3) is 0.474. The molecule has 2 amide bonds. The van der Waals surface area contributed by atoms with Gasteiger partial charge in [-0.15, -0.1) is 0 Å². The van der Waals surface area contributed by atoms with Crippen LogP contribution in [0.3, 0.4) is 0 Å². The first-order chi connectivity index (χ1) is 11.7. The van der Waals surface area contributed by atoms with Gasteiger partial charge in [-0.1, -0.05) is 18.2 Å². The number of nitrogens with one attached hydrogen (secondary N) is 2. The number of hydrogen-bond donors (Lipinski definition) is 2. The lowest BCUT2D eigenvalue weighted by Crippen LogP contribution is -2.38. The molecule has 126 valence electrons. The molecule has 1 aromatic carbocycles. The molecule has 0 saturated heterocycles. The van der Waals surface area contributed by atoms with Gasteiger partial charge in [0.1, 0.15) is 0 Å². The van der Waals surface area contributed by atoms with Crippen molar-refractivity contribution < 1.29 is 4.79 Å². The Morgan fingerprint density at radius 3 is 3.12 bits per heavy atom. The van der Waals surface area contributed by atoms with Crippen LogP contribution < -0.4 is 10.6 Å². The van der Waals surface area contributed by atoms with E-state index in [0.717, 1.165) is 18.5 Å². The fourth-order valence-corrected chi connectivity index (χ4v) is 4.28. The highest BCUT2D eigenvalue weighted by atomic mass is 16.2. The molecule has 5 nitrogen and oxygen atoms in total. The average Bonchev–Trinajstić information content (AvgIpc) is 3.14. The maximum Gasteiger partial charge on any atom is 0.315 e. The summed E-state index contributed by atoms with van der Waals surface area (Å²) in [6.45, 7) is 0.619. The minimum absolute atomic E-state index is 0.0709. The normalized spacial score (nSPS) is 21.4. The number of benzene rings is 1. The Morgan fingerprint density at radius 1 is 1.38 bits per heavy atom. The van der Waals surface area contributed by atoms with E-state index in [4.69, 9.17) is 0 Å². The van der Waals surface area contributed by atoms with Crippen molar-refractivity contribution in [3.8, 4) is 0 Å². The molecular weight excluding hydrogens is 300 g/mol. The molecule has 2 aromatic rings. The highest BCUT2D eigenvalue weighted by molar-refractivity contribution is 5.74. The predicted molar refractivity (Wildman–Crippen MR) is 92.9 cm³/mol. The Kier molecular flexibility index (Phi) is 4.00. The third kappa shape index (κ3) is 2.79. The second-order valence-corrected chi connectivity index (χ2v) is 6.89. The van der Waals surface area contributed by atoms with Crippen LogP contribution in [0.5, 0.6) is 0 Å². The summed E-state index contributed by atoms with van der Waals surface area (Å²) in [7, 11) is 1.92. The Hall–Kier alpha value is -2.30. The molecule has 1 aromatic heterocycles. The molecule has 0 unspecified atom stereocenters. The summed E-state index contributed by atoms with van der Waals surface area (Å²) in [5, 5.41) is 10.3. The zero-order valence-electron chi connectivity index (χ0n) is 14.1. The largest absolute Gasteiger partial charge is 0.338 e. The number of nitrogens with zero attached hydrogens (tertiary/aromatic N) is 2. The summed E-state index contributed by atoms with van der Waals surface area (Å²) in [6, 6.07) is 8.63. The fourth-order valence-electron chi connectivity index (χ4n) is 4.28. The second-order valence-electron chi connectivity index (χ2n) is 6.89. The lowest BCUT2D eigenvalue weighted by molar-refractivity contribution is 0.236. The van der Waals surface area contributed by atoms with Crippen LogP contribution in [0.15, 0.2) is 30.5 Å². The predicted octanol–water partition coefficient (Wildman–Crippen LogP) is 2.83. The number of amides is 2. The molecule has 0 spiro atoms. The van der Waals surface area contributed by atoms with Crippen LogP contribution >= 0.6 is 0 Å². The van der Waals surface area contributed by atoms with Crippen LogP contribution in [0, 0.1) is 0 Å². The monoisotopic (exact) mass is 324 g/mol. The lowest BCUT2D eigenvalue weighted by Gasteiger charge is -2.20. The van der Waals surface area contributed by atoms with Crippen molar-refractivity contribution in [3.63, 3.8) is 0 Å². The number of carbonyl (C=O) groups is 1. The van der Waals surface area contributed by atoms with Crippen LogP contribution in [0.4, 0.5) is 4.79 Å². The number of aromatic nitrogens is 2. The molecular formula is C19H24N4O. The van der Waals surface area contributed by atoms with Gasteiger partial charge in [-0.25, -0.2) is 4.79 Å². The Balaban J connectivity index is 1.36. The standard InChI is InChI=1S/C19H24N4O/c1-23-15(9-11-21-23)8-10-20-19(24)22-17-12-14-6-2-4-13-5-3-7-16(17)18(13)14/h3,5,7,9,11,14,17H,2,4,6,8,10,12H2,1H3,(H2,20,22,24)/t14-,17+/m0/s1. The Labute approximate surface area is 142 Å². The molecule has 2 aliphatic rings. The van der Waals surface area contributed by atoms with Crippen molar-refractivity contribution in [1.29, 1.82) is 0 Å². The molecule has 0 radical (unpaired) electrons. The van der Waals surface area contributed by atoms with E-state index in [1.165, 1.54) is 36.0 Å². The molecule has 1 heterocycles. The smallest absolute Gasteiger partial charge is 0.315 e. The van der Waals surface area contributed by atoms with E-state index >= 15 is 0 Å². The maximum atomic E-state index is 12.3. The van der Waals surface area contributed by atoms with E-state index < -0.39 is 0 Å². The van der Waals surface area contributed by atoms with Gasteiger partial charge in [-0.05, 0) is 54.4 Å². The van der Waals surface area contributed by atoms with Crippen molar-refractivity contribution in [1.82, 2.24) is 20.4 Å². The van der Waals surface area contributed by atoms with Crippen molar-refractivity contribution in [2.45, 2.75) is 44.1 Å². The zero-order chi connectivity index (χ0) is 16.5. The first-order valence-electron chi connectivity index (χ1n) is 8.85. The van der Waals surface area contributed by atoms with Gasteiger partial charge in [0.25, 0.3) is 0 Å². The molecule has 0 aliphatic heterocycles. The number of urea groups is 1. The Bertz CT molecular complexity index is 752. The van der Waals surface area contributed by atoms with Gasteiger partial charge in [0, 0.05) is 31.9 Å². The average molecular weight is 324 g/mol. The highest BCUT2D eigenvalue weighted by Crippen LogP contribution is 2.47. The van der Waals surface area contributed by atoms with Crippen LogP contribution in [0.2, 0.25) is 0 Å². The van der Waals surface area contributed by atoms with Crippen molar-refractivity contribution in [3.05, 3.63) is 52.8 Å². The van der Waals surface area contributed by atoms with Gasteiger partial charge in [0.05, 0.1) is 6.04 Å². The van der Waals surface area contributed by atoms with Crippen LogP contribution in [-0.4, -0.2) is 22.4 Å². The number of carbonyl (C=O) groups excluding carboxylic acids is 1. The molecule has 5 heteroatoms. The summed E-state index contributed by atoms with van der Waals surface area (Å²) in [5.74, 6) is 0.629. The summed E-state index contributed by atoms with van der Waals surface area (Å²) in [5.41, 5.74) is 5.46. The SMILES string of the molecule is Cn1nccc1CCNC(=O)N[C@@H]1C[C@@H]2CCCc3cccc1c32. The number of aryl methyl sites for hydroxylation is 2. The van der Waals surface area contributed by atoms with E-state index in [1.54, 1.807) is 6.20 Å². The first kappa shape index (κ1) is 15.2. The van der Waals surface area contributed by atoms with Gasteiger partial charge < -0.3 is 10.6 Å². The molecule has 2 atom stereocenters. The molecule has 24 heavy (non-hydrogen) atoms. The minimum atomic E-state index is -0.0709. The summed E-state index contributed by atoms with van der Waals surface area (Å²) in [6.07, 6.45) is 7.32. The Morgan fingerprint density at radius 2 is 2.29 bits per heavy atom. The van der Waals surface area contributed by atoms with E-state index in [-0.39, 0.29) is 12.1 Å². The summed E-state index contributed by atoms with van der Waals surface area (Å²) >= 11 is 0. The van der Waals surface area contributed by atoms with E-state index in [0.29, 0.717) is 12.5 Å². The summed E-state index contributed by atoms with van der Waals surface area (Å²) < 4.78 is 1.84. The molecule has 0 bridgehead atoms. The zero-order valence-corrected chi connectivity index (χ0v) is 14.1. The van der Waals surface area contributed by atoms with Gasteiger partial charge in [-0.3, -0.25) is 4.68 Å². The minimum Gasteiger partial charge on any atom is -0.338 e. The molecule has 2 aliphatic carbocycles. The van der Waals surface area contributed by atoms with Crippen molar-refractivity contribution in [2.75, 3.05) is 6.54 Å². The second kappa shape index (κ2) is 6.30. The molecule has 2 N–H and O–H groups in total. The summed E-state index contributed by atoms with van der Waals surface area (Å²) in [4.78, 5) is 12.3. The van der Waals surface area contributed by atoms with E-state index in [9.17, 15) is 4.79 Å². The van der Waals surface area contributed by atoms with Crippen LogP contribution in [-0.2, 0) is 19.9 Å². The lowest BCUT2D eigenvalue weighted by atomic mass is 9.84. The van der Waals surface area contributed by atoms with Crippen molar-refractivity contribution in [2.24, 2.45) is 7.05 Å². The van der Waals surface area contributed by atoms with Gasteiger partial charge >= 0.3 is 6.03 Å². The van der Waals surface area contributed by atoms with Gasteiger partial charge in [0.15, 0.2) is 0 Å². The van der Waals surface area contributed by atoms with E-state index in [2.05, 4.69) is 33.9 Å². The van der Waals surface area contributed by atoms with Gasteiger partial charge in [-0.2, -0.15) is 5.10 Å². The van der Waals surface area contributed by atoms with Gasteiger partial charge in [0.2, 0.25) is 0 Å². The maximum absolute atomic E-state index is 12.3. The van der Waals surface area contributed by atoms with Crippen molar-refractivity contribution >= 4 is 6.03 Å². The van der Waals surface area contributed by atoms with E-state index in [1.807, 2.05) is 17.8 Å². The van der Waals surface area contributed by atoms with Crippen LogP contribution in [0.25, 0.3) is 0 Å². The first-order valence-corrected chi connectivity index (χ1v) is 8.85. The number of rotatable bonds is 4. The third-order valence-electron chi connectivity index (χ3n) is 5.43. The molecule has 0 fully saturated rings. The quantitative estimate of drug-likeness (QED) is 0.908. The topological polar surface area (TPSA) is 59.0 Å².